The number of aliphatic hydroxyl groups excluding tert-OH is 2. The van der Waals surface area contributed by atoms with Crippen molar-refractivity contribution in [3.05, 3.63) is 166 Å². The van der Waals surface area contributed by atoms with Gasteiger partial charge < -0.3 is 48.4 Å². The third-order valence-electron chi connectivity index (χ3n) is 13.9. The highest BCUT2D eigenvalue weighted by Crippen LogP contribution is 2.37. The second-order valence-corrected chi connectivity index (χ2v) is 21.1. The molecule has 5 heterocycles. The molecule has 9 rings (SSSR count). The van der Waals surface area contributed by atoms with Gasteiger partial charge >= 0.3 is 0 Å². The summed E-state index contributed by atoms with van der Waals surface area (Å²) in [4.78, 5) is 39.8. The zero-order valence-electron chi connectivity index (χ0n) is 44.8. The van der Waals surface area contributed by atoms with Crippen molar-refractivity contribution in [2.24, 2.45) is 0 Å². The molecule has 6 aromatic rings. The first-order valence-corrected chi connectivity index (χ1v) is 28.0. The van der Waals surface area contributed by atoms with Crippen molar-refractivity contribution in [1.82, 2.24) is 24.7 Å². The maximum absolute atomic E-state index is 13.0. The summed E-state index contributed by atoms with van der Waals surface area (Å²) in [7, 11) is -0.273. The molecular weight excluding hydrogens is 1020 g/mol. The Labute approximate surface area is 456 Å². The number of benzene rings is 4. The Morgan fingerprint density at radius 2 is 0.962 bits per heavy atom. The molecule has 0 aliphatic carbocycles. The van der Waals surface area contributed by atoms with E-state index in [1.807, 2.05) is 41.3 Å². The smallest absolute Gasteiger partial charge is 0.272 e. The van der Waals surface area contributed by atoms with E-state index in [4.69, 9.17) is 28.4 Å². The lowest BCUT2D eigenvalue weighted by molar-refractivity contribution is 0.0572. The molecule has 2 aromatic heterocycles. The third-order valence-corrected chi connectivity index (χ3v) is 14.5. The van der Waals surface area contributed by atoms with Crippen LogP contribution in [-0.2, 0) is 40.4 Å². The number of carbonyl (C=O) groups excluding carboxylic acids is 2. The van der Waals surface area contributed by atoms with E-state index < -0.39 is 22.3 Å². The van der Waals surface area contributed by atoms with Gasteiger partial charge in [-0.2, -0.15) is 8.42 Å². The van der Waals surface area contributed by atoms with Crippen LogP contribution in [0.2, 0.25) is 0 Å². The normalized spacial score (nSPS) is 16.6. The number of methoxy groups -OCH3 is 2. The van der Waals surface area contributed by atoms with Gasteiger partial charge in [0, 0.05) is 82.2 Å². The van der Waals surface area contributed by atoms with Gasteiger partial charge in [0.1, 0.15) is 55.9 Å². The van der Waals surface area contributed by atoms with Gasteiger partial charge in [-0.05, 0) is 82.6 Å². The Balaban J connectivity index is 0.000000206. The summed E-state index contributed by atoms with van der Waals surface area (Å²) in [6.45, 7) is 9.22. The van der Waals surface area contributed by atoms with Crippen LogP contribution in [-0.4, -0.2) is 153 Å². The average Bonchev–Trinajstić information content (AvgIpc) is 3.77. The zero-order valence-corrected chi connectivity index (χ0v) is 45.6. The first kappa shape index (κ1) is 56.9. The third kappa shape index (κ3) is 15.5. The average molecular weight is 1090 g/mol. The predicted molar refractivity (Wildman–Crippen MR) is 292 cm³/mol. The van der Waals surface area contributed by atoms with E-state index in [2.05, 4.69) is 76.5 Å². The molecule has 3 fully saturated rings. The van der Waals surface area contributed by atoms with Gasteiger partial charge in [-0.25, -0.2) is 0 Å². The van der Waals surface area contributed by atoms with Crippen LogP contribution < -0.4 is 28.4 Å². The number of β-amino-alcohol motifs (C(OH)–C–C–N with tert-alkyl or cyclic N) is 2. The van der Waals surface area contributed by atoms with Crippen LogP contribution in [0.1, 0.15) is 80.0 Å². The maximum Gasteiger partial charge on any atom is 0.272 e. The minimum absolute atomic E-state index is 0.0309. The standard InChI is InChI=1S/C31H37N3O6.C28H32N2O7S/c1-3-21-4-6-22(7-5-21)20-40-29-9-8-23(14-30(29)38-2)24-16-34(17-24)31(37)26-15-25(10-11-32-26)39-13-12-33-18-27(35)28(36)19-33;1-4-20-5-7-21(8-6-20)19-36-26-10-9-22(15-27(26)34-2)23-17-30(18-23)28(31)25-16-24(11-12-29-25)35-13-14-37-38(3,32)33/h4-11,14-15,24,27-28,35-36H,3,12-13,16-20H2,1-2H3;5-12,15-16,23H,4,13-14,17-19H2,1-3H3/t27-,28-;/m1./s1. The summed E-state index contributed by atoms with van der Waals surface area (Å²) in [5, 5.41) is 19.3. The summed E-state index contributed by atoms with van der Waals surface area (Å²) in [5.41, 5.74) is 7.56. The molecule has 2 N–H and O–H groups in total. The first-order chi connectivity index (χ1) is 37.7. The SMILES string of the molecule is CCc1ccc(COc2ccc(C3CN(C(=O)c4cc(OCCN5C[C@@H](O)[C@H](O)C5)ccn4)C3)cc2OC)cc1.CCc1ccc(COc2ccc(C3CN(C(=O)c4cc(OCCOS(C)(=O)=O)ccn4)C3)cc2OC)cc1. The number of ether oxygens (including phenoxy) is 6. The fraction of sp³-hybridized carbons (Fsp3) is 0.390. The van der Waals surface area contributed by atoms with Crippen LogP contribution in [0, 0.1) is 0 Å². The fourth-order valence-electron chi connectivity index (χ4n) is 9.12. The number of rotatable bonds is 23. The number of hydrogen-bond acceptors (Lipinski definition) is 16. The lowest BCUT2D eigenvalue weighted by Crippen LogP contribution is -2.48. The van der Waals surface area contributed by atoms with Crippen molar-refractivity contribution in [3.8, 4) is 34.5 Å². The Kier molecular flexibility index (Phi) is 19.6. The van der Waals surface area contributed by atoms with E-state index in [0.29, 0.717) is 106 Å². The van der Waals surface area contributed by atoms with Crippen molar-refractivity contribution in [2.45, 2.75) is 63.9 Å². The van der Waals surface area contributed by atoms with Gasteiger partial charge in [0.25, 0.3) is 21.9 Å². The van der Waals surface area contributed by atoms with Crippen molar-refractivity contribution in [1.29, 1.82) is 0 Å². The minimum Gasteiger partial charge on any atom is -0.493 e. The second kappa shape index (κ2) is 26.9. The minimum atomic E-state index is -3.53. The van der Waals surface area contributed by atoms with Gasteiger partial charge in [-0.3, -0.25) is 28.6 Å². The van der Waals surface area contributed by atoms with Gasteiger partial charge in [0.05, 0.1) is 32.7 Å². The van der Waals surface area contributed by atoms with E-state index in [1.165, 1.54) is 17.3 Å². The highest BCUT2D eigenvalue weighted by Gasteiger charge is 2.35. The van der Waals surface area contributed by atoms with Crippen LogP contribution >= 0.6 is 0 Å². The van der Waals surface area contributed by atoms with E-state index in [-0.39, 0.29) is 42.6 Å². The number of aliphatic hydroxyl groups is 2. The molecular formula is C59H69N5O13S. The summed E-state index contributed by atoms with van der Waals surface area (Å²) >= 11 is 0. The number of pyridine rings is 2. The molecule has 3 aliphatic heterocycles. The van der Waals surface area contributed by atoms with Gasteiger partial charge in [0.15, 0.2) is 23.0 Å². The quantitative estimate of drug-likeness (QED) is 0.0505. The Morgan fingerprint density at radius 1 is 0.538 bits per heavy atom. The molecule has 19 heteroatoms. The van der Waals surface area contributed by atoms with Gasteiger partial charge in [-0.15, -0.1) is 0 Å². The highest BCUT2D eigenvalue weighted by molar-refractivity contribution is 7.85. The van der Waals surface area contributed by atoms with Crippen molar-refractivity contribution >= 4 is 21.9 Å². The molecule has 0 spiro atoms. The molecule has 0 unspecified atom stereocenters. The van der Waals surface area contributed by atoms with Crippen LogP contribution in [0.5, 0.6) is 34.5 Å². The Bertz CT molecular complexity index is 3050. The summed E-state index contributed by atoms with van der Waals surface area (Å²) < 4.78 is 61.2. The van der Waals surface area contributed by atoms with Gasteiger partial charge in [-0.1, -0.05) is 74.5 Å². The number of hydrogen-bond donors (Lipinski definition) is 2. The summed E-state index contributed by atoms with van der Waals surface area (Å²) in [6.07, 6.45) is 4.62. The number of aromatic nitrogens is 2. The molecule has 78 heavy (non-hydrogen) atoms. The van der Waals surface area contributed by atoms with E-state index in [0.717, 1.165) is 41.4 Å². The highest BCUT2D eigenvalue weighted by atomic mass is 32.2. The first-order valence-electron chi connectivity index (χ1n) is 26.1. The fourth-order valence-corrected chi connectivity index (χ4v) is 9.49. The van der Waals surface area contributed by atoms with Crippen LogP contribution in [0.3, 0.4) is 0 Å². The monoisotopic (exact) mass is 1090 g/mol. The second-order valence-electron chi connectivity index (χ2n) is 19.4. The number of amides is 2. The Morgan fingerprint density at radius 3 is 1.37 bits per heavy atom. The topological polar surface area (TPSA) is 209 Å². The number of nitrogens with zero attached hydrogens (tertiary/aromatic N) is 5. The molecule has 4 aromatic carbocycles. The van der Waals surface area contributed by atoms with Crippen LogP contribution in [0.4, 0.5) is 0 Å². The van der Waals surface area contributed by atoms with E-state index in [1.54, 1.807) is 54.5 Å². The van der Waals surface area contributed by atoms with Crippen LogP contribution in [0.25, 0.3) is 0 Å². The molecule has 0 radical (unpaired) electrons. The zero-order chi connectivity index (χ0) is 55.2. The lowest BCUT2D eigenvalue weighted by Gasteiger charge is -2.39. The number of likely N-dealkylation sites (tertiary alicyclic amines) is 3. The van der Waals surface area contributed by atoms with Crippen molar-refractivity contribution < 1.29 is 60.8 Å². The van der Waals surface area contributed by atoms with Crippen molar-refractivity contribution in [3.63, 3.8) is 0 Å². The Hall–Kier alpha value is -7.29. The summed E-state index contributed by atoms with van der Waals surface area (Å²) in [6, 6.07) is 35.2. The molecule has 414 valence electrons. The molecule has 0 bridgehead atoms. The van der Waals surface area contributed by atoms with Gasteiger partial charge in [0.2, 0.25) is 0 Å². The maximum atomic E-state index is 13.0. The van der Waals surface area contributed by atoms with Crippen molar-refractivity contribution in [2.75, 3.05) is 86.1 Å². The summed E-state index contributed by atoms with van der Waals surface area (Å²) in [5.74, 6) is 3.74. The van der Waals surface area contributed by atoms with E-state index in [9.17, 15) is 28.2 Å². The van der Waals surface area contributed by atoms with Crippen LogP contribution in [0.15, 0.2) is 122 Å². The predicted octanol–water partition coefficient (Wildman–Crippen LogP) is 6.71. The lowest BCUT2D eigenvalue weighted by atomic mass is 9.91. The van der Waals surface area contributed by atoms with E-state index >= 15 is 0 Å². The molecule has 2 atom stereocenters. The molecule has 18 nitrogen and oxygen atoms in total. The molecule has 3 saturated heterocycles. The largest absolute Gasteiger partial charge is 0.493 e. The number of carbonyl (C=O) groups is 2. The number of aryl methyl sites for hydroxylation is 2. The molecule has 3 aliphatic rings. The molecule has 2 amide bonds. The molecule has 0 saturated carbocycles.